The molecule has 3 heterocycles. The lowest BCUT2D eigenvalue weighted by Crippen LogP contribution is -2.52. The summed E-state index contributed by atoms with van der Waals surface area (Å²) in [4.78, 5) is 7.66. The standard InChI is InChI=1S/C25H32N3OSi/c1-3-17-30(2)24-18-20(27-11-5-4-6-12-27)7-9-22(24)26-23-10-8-21(19-25(23)30)28-13-15-29-16-14-28/h3,7-10,18-19H,1,4-6,11-17H2,2H3/q+1. The molecule has 4 nitrogen and oxygen atoms in total. The molecule has 1 aromatic rings. The molecule has 156 valence electrons. The second kappa shape index (κ2) is 8.12. The largest absolute Gasteiger partial charge is 0.372 e. The van der Waals surface area contributed by atoms with Crippen LogP contribution in [0.25, 0.3) is 0 Å². The number of aliphatic imine (C=N–C) groups is 1. The van der Waals surface area contributed by atoms with Crippen LogP contribution in [-0.2, 0) is 4.74 Å². The first-order valence-electron chi connectivity index (χ1n) is 11.4. The molecule has 2 saturated heterocycles. The Hall–Kier alpha value is -2.24. The molecule has 30 heavy (non-hydrogen) atoms. The van der Waals surface area contributed by atoms with Crippen molar-refractivity contribution in [2.24, 2.45) is 4.99 Å². The van der Waals surface area contributed by atoms with Crippen molar-refractivity contribution in [3.63, 3.8) is 0 Å². The molecule has 1 aromatic carbocycles. The fraction of sp³-hybridized carbons (Fsp3) is 0.440. The number of hydrogen-bond donors (Lipinski definition) is 0. The Bertz CT molecular complexity index is 976. The quantitative estimate of drug-likeness (QED) is 0.324. The maximum Gasteiger partial charge on any atom is 0.200 e. The van der Waals surface area contributed by atoms with Crippen molar-refractivity contribution in [2.75, 3.05) is 44.3 Å². The summed E-state index contributed by atoms with van der Waals surface area (Å²) in [7, 11) is -1.96. The lowest BCUT2D eigenvalue weighted by Gasteiger charge is -2.37. The Kier molecular flexibility index (Phi) is 5.33. The molecule has 0 spiro atoms. The zero-order chi connectivity index (χ0) is 20.6. The third-order valence-electron chi connectivity index (χ3n) is 7.04. The van der Waals surface area contributed by atoms with Crippen LogP contribution in [-0.4, -0.2) is 63.5 Å². The summed E-state index contributed by atoms with van der Waals surface area (Å²) in [6, 6.07) is 8.04. The number of hydrogen-bond acceptors (Lipinski definition) is 3. The molecule has 0 saturated carbocycles. The highest BCUT2D eigenvalue weighted by Gasteiger charge is 2.41. The Morgan fingerprint density at radius 3 is 2.73 bits per heavy atom. The Labute approximate surface area is 181 Å². The molecule has 4 aliphatic rings. The van der Waals surface area contributed by atoms with Gasteiger partial charge in [-0.1, -0.05) is 12.6 Å². The van der Waals surface area contributed by atoms with Gasteiger partial charge in [-0.3, -0.25) is 0 Å². The number of piperidine rings is 1. The first-order chi connectivity index (χ1) is 14.7. The van der Waals surface area contributed by atoms with Crippen LogP contribution >= 0.6 is 0 Å². The van der Waals surface area contributed by atoms with E-state index in [4.69, 9.17) is 9.73 Å². The molecule has 0 amide bonds. The van der Waals surface area contributed by atoms with E-state index < -0.39 is 8.07 Å². The predicted octanol–water partition coefficient (Wildman–Crippen LogP) is 3.75. The van der Waals surface area contributed by atoms with Gasteiger partial charge in [-0.2, -0.15) is 0 Å². The van der Waals surface area contributed by atoms with Gasteiger partial charge in [0.1, 0.15) is 21.3 Å². The van der Waals surface area contributed by atoms with Gasteiger partial charge in [0.15, 0.2) is 18.8 Å². The molecular weight excluding hydrogens is 386 g/mol. The van der Waals surface area contributed by atoms with Gasteiger partial charge in [0, 0.05) is 30.9 Å². The van der Waals surface area contributed by atoms with Gasteiger partial charge in [-0.15, -0.1) is 6.58 Å². The summed E-state index contributed by atoms with van der Waals surface area (Å²) in [5.41, 5.74) is 5.00. The van der Waals surface area contributed by atoms with E-state index in [0.29, 0.717) is 0 Å². The summed E-state index contributed by atoms with van der Waals surface area (Å²) >= 11 is 0. The Morgan fingerprint density at radius 2 is 1.97 bits per heavy atom. The number of fused-ring (bicyclic) bond motifs is 2. The van der Waals surface area contributed by atoms with Gasteiger partial charge in [-0.05, 0) is 60.0 Å². The van der Waals surface area contributed by atoms with E-state index in [9.17, 15) is 0 Å². The number of ether oxygens (including phenoxy) is 1. The lowest BCUT2D eigenvalue weighted by atomic mass is 10.1. The zero-order valence-electron chi connectivity index (χ0n) is 18.1. The van der Waals surface area contributed by atoms with Crippen LogP contribution < -0.4 is 10.1 Å². The summed E-state index contributed by atoms with van der Waals surface area (Å²) in [6.45, 7) is 12.5. The van der Waals surface area contributed by atoms with E-state index in [1.807, 2.05) is 0 Å². The average molecular weight is 419 g/mol. The topological polar surface area (TPSA) is 27.8 Å². The lowest BCUT2D eigenvalue weighted by molar-refractivity contribution is -0.547. The van der Waals surface area contributed by atoms with Crippen molar-refractivity contribution in [1.29, 1.82) is 0 Å². The van der Waals surface area contributed by atoms with Crippen LogP contribution in [0, 0.1) is 0 Å². The highest BCUT2D eigenvalue weighted by atomic mass is 28.3. The van der Waals surface area contributed by atoms with Crippen molar-refractivity contribution in [1.82, 2.24) is 0 Å². The van der Waals surface area contributed by atoms with Crippen LogP contribution in [0.3, 0.4) is 0 Å². The SMILES string of the molecule is C=CC[Si]1(C)C2=CC(=[N+]3CCOCC3)C=CC2=Nc2ccc(N3CCCCC3)cc21. The van der Waals surface area contributed by atoms with E-state index in [1.165, 1.54) is 59.8 Å². The van der Waals surface area contributed by atoms with E-state index in [2.05, 4.69) is 65.1 Å². The first kappa shape index (κ1) is 19.7. The van der Waals surface area contributed by atoms with E-state index in [-0.39, 0.29) is 0 Å². The molecule has 5 heteroatoms. The molecule has 0 aromatic heterocycles. The van der Waals surface area contributed by atoms with Crippen molar-refractivity contribution in [2.45, 2.75) is 31.9 Å². The number of anilines is 1. The minimum absolute atomic E-state index is 0.810. The molecule has 5 rings (SSSR count). The second-order valence-electron chi connectivity index (χ2n) is 8.99. The summed E-state index contributed by atoms with van der Waals surface area (Å²) in [5, 5.41) is 2.92. The Balaban J connectivity index is 1.60. The number of nitrogens with zero attached hydrogens (tertiary/aromatic N) is 3. The fourth-order valence-corrected chi connectivity index (χ4v) is 8.93. The van der Waals surface area contributed by atoms with E-state index in [1.54, 1.807) is 0 Å². The van der Waals surface area contributed by atoms with Crippen LogP contribution in [0.15, 0.2) is 59.3 Å². The molecular formula is C25H32N3OSi+. The molecule has 1 atom stereocenters. The number of morpholine rings is 1. The number of benzene rings is 1. The normalized spacial score (nSPS) is 26.0. The van der Waals surface area contributed by atoms with Crippen molar-refractivity contribution < 1.29 is 9.31 Å². The predicted molar refractivity (Wildman–Crippen MR) is 129 cm³/mol. The van der Waals surface area contributed by atoms with Crippen LogP contribution in [0.2, 0.25) is 12.6 Å². The zero-order valence-corrected chi connectivity index (χ0v) is 19.1. The summed E-state index contributed by atoms with van der Waals surface area (Å²) in [5.74, 6) is 0. The molecule has 0 radical (unpaired) electrons. The molecule has 0 bridgehead atoms. The van der Waals surface area contributed by atoms with Crippen molar-refractivity contribution >= 4 is 36.1 Å². The van der Waals surface area contributed by atoms with E-state index in [0.717, 1.165) is 38.1 Å². The summed E-state index contributed by atoms with van der Waals surface area (Å²) < 4.78 is 8.01. The van der Waals surface area contributed by atoms with E-state index >= 15 is 0 Å². The minimum atomic E-state index is -1.96. The van der Waals surface area contributed by atoms with Crippen LogP contribution in [0.4, 0.5) is 11.4 Å². The fourth-order valence-electron chi connectivity index (χ4n) is 5.28. The van der Waals surface area contributed by atoms with Crippen LogP contribution in [0.1, 0.15) is 19.3 Å². The second-order valence-corrected chi connectivity index (χ2v) is 13.1. The maximum atomic E-state index is 5.56. The molecule has 2 fully saturated rings. The monoisotopic (exact) mass is 418 g/mol. The van der Waals surface area contributed by atoms with Crippen LogP contribution in [0.5, 0.6) is 0 Å². The summed E-state index contributed by atoms with van der Waals surface area (Å²) in [6.07, 6.45) is 13.0. The van der Waals surface area contributed by atoms with Gasteiger partial charge in [0.2, 0.25) is 0 Å². The molecule has 1 unspecified atom stereocenters. The molecule has 1 aliphatic carbocycles. The van der Waals surface area contributed by atoms with Crippen molar-refractivity contribution in [3.8, 4) is 0 Å². The Morgan fingerprint density at radius 1 is 1.17 bits per heavy atom. The van der Waals surface area contributed by atoms with Gasteiger partial charge in [0.25, 0.3) is 0 Å². The minimum Gasteiger partial charge on any atom is -0.372 e. The highest BCUT2D eigenvalue weighted by Crippen LogP contribution is 2.35. The average Bonchev–Trinajstić information content (AvgIpc) is 2.80. The highest BCUT2D eigenvalue weighted by molar-refractivity contribution is 7.02. The maximum absolute atomic E-state index is 5.56. The third kappa shape index (κ3) is 3.44. The van der Waals surface area contributed by atoms with Crippen molar-refractivity contribution in [3.05, 3.63) is 54.3 Å². The molecule has 0 N–H and O–H groups in total. The van der Waals surface area contributed by atoms with Gasteiger partial charge in [0.05, 0.1) is 11.4 Å². The number of allylic oxidation sites excluding steroid dienone is 5. The van der Waals surface area contributed by atoms with Gasteiger partial charge >= 0.3 is 0 Å². The van der Waals surface area contributed by atoms with Gasteiger partial charge < -0.3 is 9.64 Å². The number of rotatable bonds is 3. The molecule has 3 aliphatic heterocycles. The smallest absolute Gasteiger partial charge is 0.200 e. The third-order valence-corrected chi connectivity index (χ3v) is 11.3. The first-order valence-corrected chi connectivity index (χ1v) is 14.1. The van der Waals surface area contributed by atoms with Gasteiger partial charge in [-0.25, -0.2) is 9.57 Å².